The first-order valence-electron chi connectivity index (χ1n) is 31.4. The van der Waals surface area contributed by atoms with Gasteiger partial charge in [-0.05, 0) is 99.2 Å². The third kappa shape index (κ3) is 25.3. The average Bonchev–Trinajstić information content (AvgIpc) is 1.56. The Bertz CT molecular complexity index is 3020. The Morgan fingerprint density at radius 2 is 0.474 bits per heavy atom. The highest BCUT2D eigenvalue weighted by molar-refractivity contribution is 5.90. The molecule has 0 aromatic heterocycles. The summed E-state index contributed by atoms with van der Waals surface area (Å²) in [6.07, 6.45) is 0. The van der Waals surface area contributed by atoms with Crippen molar-refractivity contribution in [2.24, 2.45) is 0 Å². The molecule has 0 unspecified atom stereocenters. The first-order chi connectivity index (χ1) is 46.7. The number of esters is 6. The van der Waals surface area contributed by atoms with Gasteiger partial charge >= 0.3 is 35.8 Å². The molecular formula is C73H90O24. The van der Waals surface area contributed by atoms with E-state index in [1.807, 2.05) is 72.8 Å². The second-order valence-electron chi connectivity index (χ2n) is 21.7. The zero-order valence-electron chi connectivity index (χ0n) is 56.4. The van der Waals surface area contributed by atoms with Crippen molar-refractivity contribution in [3.8, 4) is 45.6 Å². The normalized spacial score (nSPS) is 11.6. The molecule has 0 spiro atoms. The first-order valence-corrected chi connectivity index (χ1v) is 31.4. The summed E-state index contributed by atoms with van der Waals surface area (Å²) >= 11 is 0. The number of benzene rings is 4. The smallest absolute Gasteiger partial charge is 0.333 e. The van der Waals surface area contributed by atoms with Crippen LogP contribution >= 0.6 is 0 Å². The summed E-state index contributed by atoms with van der Waals surface area (Å²) in [6.45, 7) is 31.0. The van der Waals surface area contributed by atoms with Crippen LogP contribution in [0.4, 0.5) is 0 Å². The van der Waals surface area contributed by atoms with E-state index in [4.69, 9.17) is 85.3 Å². The maximum Gasteiger partial charge on any atom is 0.333 e. The van der Waals surface area contributed by atoms with E-state index in [0.29, 0.717) is 11.1 Å². The lowest BCUT2D eigenvalue weighted by molar-refractivity contribution is -0.141. The second kappa shape index (κ2) is 42.3. The molecule has 0 bridgehead atoms. The molecule has 0 radical (unpaired) electrons. The van der Waals surface area contributed by atoms with Gasteiger partial charge in [-0.25, -0.2) is 28.8 Å². The third-order valence-corrected chi connectivity index (χ3v) is 13.6. The van der Waals surface area contributed by atoms with Crippen LogP contribution in [0.5, 0.6) is 34.5 Å². The molecule has 0 aliphatic heterocycles. The first kappa shape index (κ1) is 78.4. The molecular weight excluding hydrogens is 1260 g/mol. The Kier molecular flexibility index (Phi) is 34.2. The highest BCUT2D eigenvalue weighted by Gasteiger charge is 2.48. The molecule has 0 atom stereocenters. The molecule has 0 N–H and O–H groups in total. The van der Waals surface area contributed by atoms with Crippen LogP contribution < -0.4 is 28.4 Å². The number of fused-ring (bicyclic) bond motifs is 3. The summed E-state index contributed by atoms with van der Waals surface area (Å²) in [6, 6.07) is 23.2. The van der Waals surface area contributed by atoms with Crippen molar-refractivity contribution in [3.63, 3.8) is 0 Å². The number of carbonyl (C=O) groups is 6. The minimum absolute atomic E-state index is 0.0279. The number of hydrogen-bond acceptors (Lipinski definition) is 24. The van der Waals surface area contributed by atoms with E-state index < -0.39 is 41.2 Å². The van der Waals surface area contributed by atoms with Gasteiger partial charge in [0.05, 0.1) is 84.7 Å². The van der Waals surface area contributed by atoms with Gasteiger partial charge in [-0.2, -0.15) is 0 Å². The largest absolute Gasteiger partial charge is 0.487 e. The van der Waals surface area contributed by atoms with Gasteiger partial charge in [0.15, 0.2) is 23.0 Å². The molecule has 24 nitrogen and oxygen atoms in total. The summed E-state index contributed by atoms with van der Waals surface area (Å²) in [5.41, 5.74) is 4.70. The molecule has 24 heteroatoms. The van der Waals surface area contributed by atoms with Crippen molar-refractivity contribution in [2.75, 3.05) is 159 Å². The maximum absolute atomic E-state index is 12.2. The molecule has 0 fully saturated rings. The van der Waals surface area contributed by atoms with Gasteiger partial charge in [-0.15, -0.1) is 0 Å². The number of ether oxygens (including phenoxy) is 18. The highest BCUT2D eigenvalue weighted by Crippen LogP contribution is 2.59. The molecule has 0 saturated heterocycles. The average molecular weight is 1350 g/mol. The Morgan fingerprint density at radius 3 is 0.691 bits per heavy atom. The van der Waals surface area contributed by atoms with Gasteiger partial charge in [0, 0.05) is 33.4 Å². The number of rotatable bonds is 50. The van der Waals surface area contributed by atoms with Gasteiger partial charge < -0.3 is 85.3 Å². The predicted molar refractivity (Wildman–Crippen MR) is 356 cm³/mol. The Labute approximate surface area is 566 Å². The van der Waals surface area contributed by atoms with Crippen LogP contribution in [0.3, 0.4) is 0 Å². The van der Waals surface area contributed by atoms with Crippen molar-refractivity contribution >= 4 is 35.8 Å². The van der Waals surface area contributed by atoms with E-state index in [2.05, 4.69) is 39.5 Å². The topological polar surface area (TPSA) is 269 Å². The Morgan fingerprint density at radius 1 is 0.278 bits per heavy atom. The predicted octanol–water partition coefficient (Wildman–Crippen LogP) is 9.14. The summed E-state index contributed by atoms with van der Waals surface area (Å²) in [4.78, 5) is 72.8. The van der Waals surface area contributed by atoms with Crippen molar-refractivity contribution in [1.82, 2.24) is 0 Å². The fourth-order valence-corrected chi connectivity index (χ4v) is 9.08. The Hall–Kier alpha value is -9.30. The van der Waals surface area contributed by atoms with Crippen molar-refractivity contribution in [3.05, 3.63) is 168 Å². The molecule has 4 aromatic carbocycles. The minimum Gasteiger partial charge on any atom is -0.487 e. The van der Waals surface area contributed by atoms with E-state index in [1.165, 1.54) is 0 Å². The zero-order valence-corrected chi connectivity index (χ0v) is 56.4. The van der Waals surface area contributed by atoms with Crippen LogP contribution in [-0.4, -0.2) is 194 Å². The van der Waals surface area contributed by atoms with Crippen LogP contribution in [0.1, 0.15) is 63.8 Å². The molecule has 0 saturated carbocycles. The van der Waals surface area contributed by atoms with Crippen LogP contribution in [0.2, 0.25) is 0 Å². The van der Waals surface area contributed by atoms with Crippen molar-refractivity contribution < 1.29 is 114 Å². The summed E-state index contributed by atoms with van der Waals surface area (Å²) < 4.78 is 107. The van der Waals surface area contributed by atoms with Crippen LogP contribution in [0.15, 0.2) is 146 Å². The lowest BCUT2D eigenvalue weighted by Gasteiger charge is -2.35. The highest BCUT2D eigenvalue weighted by atomic mass is 16.6. The fourth-order valence-electron chi connectivity index (χ4n) is 9.08. The van der Waals surface area contributed by atoms with Gasteiger partial charge in [0.2, 0.25) is 11.5 Å². The summed E-state index contributed by atoms with van der Waals surface area (Å²) in [5.74, 6) is -2.19. The van der Waals surface area contributed by atoms with Crippen molar-refractivity contribution in [1.29, 1.82) is 0 Å². The zero-order chi connectivity index (χ0) is 70.5. The monoisotopic (exact) mass is 1350 g/mol. The van der Waals surface area contributed by atoms with Gasteiger partial charge in [0.1, 0.15) is 79.3 Å². The Balaban J connectivity index is 1.72. The van der Waals surface area contributed by atoms with Crippen LogP contribution in [0, 0.1) is 0 Å². The lowest BCUT2D eigenvalue weighted by Crippen LogP contribution is -2.29. The molecule has 0 heterocycles. The molecule has 4 aromatic rings. The van der Waals surface area contributed by atoms with E-state index in [9.17, 15) is 28.8 Å². The summed E-state index contributed by atoms with van der Waals surface area (Å²) in [7, 11) is 0. The molecule has 97 heavy (non-hydrogen) atoms. The van der Waals surface area contributed by atoms with E-state index in [-0.39, 0.29) is 227 Å². The lowest BCUT2D eigenvalue weighted by atomic mass is 9.67. The molecule has 1 aliphatic rings. The van der Waals surface area contributed by atoms with Crippen LogP contribution in [0.25, 0.3) is 11.1 Å². The van der Waals surface area contributed by atoms with Gasteiger partial charge in [-0.1, -0.05) is 88.0 Å². The number of hydrogen-bond donors (Lipinski definition) is 0. The molecule has 1 aliphatic carbocycles. The third-order valence-electron chi connectivity index (χ3n) is 13.6. The van der Waals surface area contributed by atoms with E-state index >= 15 is 0 Å². The van der Waals surface area contributed by atoms with E-state index in [1.54, 1.807) is 41.5 Å². The standard InChI is InChI=1S/C73H90O24/c1-49(2)67(74)92-39-27-80-21-33-86-61-45-55(46-62(87-34-22-81-28-40-93-68(75)50(3)4)65(61)90-37-25-84-31-43-96-71(78)53(9)10)73(59-19-15-13-17-57(59)58-18-14-16-20-60(58)73)56-47-63(88-35-23-82-29-41-94-69(76)51(5)6)66(91-38-26-85-32-44-97-72(79)54(11)12)64(48-56)89-36-24-83-30-42-95-70(77)52(7)8/h13-20,45-48H,1,3,5,7,9,11,21-44H2,2,4,6,8,10,12H3. The second-order valence-corrected chi connectivity index (χ2v) is 21.7. The minimum atomic E-state index is -1.33. The van der Waals surface area contributed by atoms with Crippen LogP contribution in [-0.2, 0) is 91.0 Å². The van der Waals surface area contributed by atoms with Gasteiger partial charge in [-0.3, -0.25) is 0 Å². The molecule has 526 valence electrons. The molecule has 5 rings (SSSR count). The quantitative estimate of drug-likeness (QED) is 0.0152. The van der Waals surface area contributed by atoms with Crippen molar-refractivity contribution in [2.45, 2.75) is 47.0 Å². The SMILES string of the molecule is C=C(C)C(=O)OCCOCCOc1cc(C2(c3cc(OCCOCCOC(=O)C(=C)C)c(OCCOCCOC(=O)C(=C)C)c(OCCOCCOC(=O)C(=C)C)c3)c3ccccc3-c3ccccc32)cc(OCCOCCOC(=O)C(=C)C)c1OCCOCCOC(=O)C(=C)C. The van der Waals surface area contributed by atoms with Gasteiger partial charge in [0.25, 0.3) is 0 Å². The maximum atomic E-state index is 12.2. The van der Waals surface area contributed by atoms with E-state index in [0.717, 1.165) is 22.3 Å². The summed E-state index contributed by atoms with van der Waals surface area (Å²) in [5, 5.41) is 0. The molecule has 0 amide bonds. The number of carbonyl (C=O) groups excluding carboxylic acids is 6. The fraction of sp³-hybridized carbons (Fsp3) is 0.425.